The largest absolute Gasteiger partial charge is 0.378 e. The molecule has 2 aliphatic heterocycles. The summed E-state index contributed by atoms with van der Waals surface area (Å²) in [7, 11) is 0. The fraction of sp³-hybridized carbons (Fsp3) is 0.588. The van der Waals surface area contributed by atoms with Gasteiger partial charge in [0.15, 0.2) is 0 Å². The Morgan fingerprint density at radius 3 is 2.74 bits per heavy atom. The third-order valence-electron chi connectivity index (χ3n) is 4.69. The summed E-state index contributed by atoms with van der Waals surface area (Å²) >= 11 is 0. The average Bonchev–Trinajstić information content (AvgIpc) is 3.02. The first-order valence-electron chi connectivity index (χ1n) is 8.39. The number of hydrazine groups is 1. The molecule has 0 aromatic heterocycles. The highest BCUT2D eigenvalue weighted by Crippen LogP contribution is 2.18. The van der Waals surface area contributed by atoms with Crippen LogP contribution in [0.25, 0.3) is 0 Å². The molecule has 2 aliphatic rings. The van der Waals surface area contributed by atoms with E-state index in [2.05, 4.69) is 23.1 Å². The van der Waals surface area contributed by atoms with Gasteiger partial charge in [0.1, 0.15) is 6.04 Å². The standard InChI is InChI=1S/C17H26N4O2/c1-13-15(12-19-20-13)11-18-16(14-5-3-2-4-6-14)17(22)21-7-9-23-10-8-21/h2-6,13,15-16,18-20H,7-12H2,1H3. The Balaban J connectivity index is 1.69. The van der Waals surface area contributed by atoms with E-state index >= 15 is 0 Å². The fourth-order valence-electron chi connectivity index (χ4n) is 3.12. The van der Waals surface area contributed by atoms with E-state index in [0.29, 0.717) is 38.3 Å². The maximum atomic E-state index is 13.0. The number of nitrogens with one attached hydrogen (secondary N) is 3. The number of carbonyl (C=O) groups is 1. The molecule has 1 aromatic carbocycles. The van der Waals surface area contributed by atoms with Crippen molar-refractivity contribution in [2.24, 2.45) is 5.92 Å². The second-order valence-electron chi connectivity index (χ2n) is 6.26. The third kappa shape index (κ3) is 4.09. The Kier molecular flexibility index (Phi) is 5.61. The summed E-state index contributed by atoms with van der Waals surface area (Å²) in [6.45, 7) is 6.48. The summed E-state index contributed by atoms with van der Waals surface area (Å²) < 4.78 is 5.36. The van der Waals surface area contributed by atoms with Gasteiger partial charge in [0, 0.05) is 38.1 Å². The van der Waals surface area contributed by atoms with Crippen molar-refractivity contribution in [3.63, 3.8) is 0 Å². The highest BCUT2D eigenvalue weighted by atomic mass is 16.5. The first-order valence-corrected chi connectivity index (χ1v) is 8.39. The molecule has 2 heterocycles. The van der Waals surface area contributed by atoms with E-state index in [9.17, 15) is 4.79 Å². The van der Waals surface area contributed by atoms with E-state index in [1.807, 2.05) is 35.2 Å². The molecule has 2 saturated heterocycles. The SMILES string of the molecule is CC1NNCC1CNC(C(=O)N1CCOCC1)c1ccccc1. The van der Waals surface area contributed by atoms with Gasteiger partial charge in [-0.25, -0.2) is 0 Å². The lowest BCUT2D eigenvalue weighted by molar-refractivity contribution is -0.137. The van der Waals surface area contributed by atoms with Crippen LogP contribution in [0.2, 0.25) is 0 Å². The molecule has 0 bridgehead atoms. The second kappa shape index (κ2) is 7.88. The molecular formula is C17H26N4O2. The molecule has 3 rings (SSSR count). The van der Waals surface area contributed by atoms with Crippen molar-refractivity contribution >= 4 is 5.91 Å². The van der Waals surface area contributed by atoms with Gasteiger partial charge in [0.25, 0.3) is 0 Å². The monoisotopic (exact) mass is 318 g/mol. The van der Waals surface area contributed by atoms with E-state index in [4.69, 9.17) is 4.74 Å². The van der Waals surface area contributed by atoms with Gasteiger partial charge in [-0.05, 0) is 12.5 Å². The van der Waals surface area contributed by atoms with E-state index in [0.717, 1.165) is 18.7 Å². The predicted molar refractivity (Wildman–Crippen MR) is 88.7 cm³/mol. The maximum absolute atomic E-state index is 13.0. The molecule has 1 aromatic rings. The summed E-state index contributed by atoms with van der Waals surface area (Å²) in [6, 6.07) is 10.1. The Hall–Kier alpha value is -1.47. The highest BCUT2D eigenvalue weighted by molar-refractivity contribution is 5.83. The van der Waals surface area contributed by atoms with Crippen molar-refractivity contribution in [1.29, 1.82) is 0 Å². The quantitative estimate of drug-likeness (QED) is 0.728. The van der Waals surface area contributed by atoms with Gasteiger partial charge < -0.3 is 15.0 Å². The summed E-state index contributed by atoms with van der Waals surface area (Å²) in [5.41, 5.74) is 7.42. The number of benzene rings is 1. The van der Waals surface area contributed by atoms with Crippen LogP contribution in [-0.2, 0) is 9.53 Å². The number of morpholine rings is 1. The minimum Gasteiger partial charge on any atom is -0.378 e. The normalized spacial score (nSPS) is 26.2. The van der Waals surface area contributed by atoms with Gasteiger partial charge in [0.05, 0.1) is 13.2 Å². The molecule has 0 saturated carbocycles. The lowest BCUT2D eigenvalue weighted by atomic mass is 10.0. The van der Waals surface area contributed by atoms with Gasteiger partial charge in [-0.3, -0.25) is 15.6 Å². The molecule has 6 nitrogen and oxygen atoms in total. The van der Waals surface area contributed by atoms with Crippen LogP contribution in [0.15, 0.2) is 30.3 Å². The van der Waals surface area contributed by atoms with E-state index in [-0.39, 0.29) is 11.9 Å². The number of carbonyl (C=O) groups excluding carboxylic acids is 1. The van der Waals surface area contributed by atoms with Crippen molar-refractivity contribution < 1.29 is 9.53 Å². The Morgan fingerprint density at radius 2 is 2.09 bits per heavy atom. The van der Waals surface area contributed by atoms with Crippen LogP contribution >= 0.6 is 0 Å². The number of nitrogens with zero attached hydrogens (tertiary/aromatic N) is 1. The average molecular weight is 318 g/mol. The van der Waals surface area contributed by atoms with Crippen LogP contribution < -0.4 is 16.2 Å². The molecule has 3 N–H and O–H groups in total. The van der Waals surface area contributed by atoms with Crippen LogP contribution in [0.5, 0.6) is 0 Å². The molecule has 126 valence electrons. The molecule has 6 heteroatoms. The van der Waals surface area contributed by atoms with Gasteiger partial charge in [0.2, 0.25) is 5.91 Å². The zero-order valence-corrected chi connectivity index (χ0v) is 13.6. The minimum absolute atomic E-state index is 0.145. The van der Waals surface area contributed by atoms with Gasteiger partial charge >= 0.3 is 0 Å². The smallest absolute Gasteiger partial charge is 0.244 e. The van der Waals surface area contributed by atoms with Crippen molar-refractivity contribution in [3.8, 4) is 0 Å². The number of hydrogen-bond acceptors (Lipinski definition) is 5. The van der Waals surface area contributed by atoms with Gasteiger partial charge in [-0.15, -0.1) is 0 Å². The first kappa shape index (κ1) is 16.4. The summed E-state index contributed by atoms with van der Waals surface area (Å²) in [6.07, 6.45) is 0. The van der Waals surface area contributed by atoms with Crippen LogP contribution in [-0.4, -0.2) is 56.2 Å². The third-order valence-corrected chi connectivity index (χ3v) is 4.69. The molecule has 2 fully saturated rings. The highest BCUT2D eigenvalue weighted by Gasteiger charge is 2.29. The van der Waals surface area contributed by atoms with Crippen molar-refractivity contribution in [3.05, 3.63) is 35.9 Å². The zero-order valence-electron chi connectivity index (χ0n) is 13.6. The molecule has 0 spiro atoms. The maximum Gasteiger partial charge on any atom is 0.244 e. The van der Waals surface area contributed by atoms with Crippen molar-refractivity contribution in [1.82, 2.24) is 21.1 Å². The zero-order chi connectivity index (χ0) is 16.1. The topological polar surface area (TPSA) is 65.6 Å². The number of hydrogen-bond donors (Lipinski definition) is 3. The Morgan fingerprint density at radius 1 is 1.35 bits per heavy atom. The second-order valence-corrected chi connectivity index (χ2v) is 6.26. The summed E-state index contributed by atoms with van der Waals surface area (Å²) in [5.74, 6) is 0.616. The molecule has 0 radical (unpaired) electrons. The van der Waals surface area contributed by atoms with Gasteiger partial charge in [-0.2, -0.15) is 0 Å². The molecular weight excluding hydrogens is 292 g/mol. The van der Waals surface area contributed by atoms with Crippen LogP contribution in [0.4, 0.5) is 0 Å². The van der Waals surface area contributed by atoms with Crippen molar-refractivity contribution in [2.45, 2.75) is 19.0 Å². The lowest BCUT2D eigenvalue weighted by Crippen LogP contribution is -2.47. The van der Waals surface area contributed by atoms with E-state index < -0.39 is 0 Å². The minimum atomic E-state index is -0.290. The predicted octanol–water partition coefficient (Wildman–Crippen LogP) is 0.289. The first-order chi connectivity index (χ1) is 11.3. The molecule has 3 atom stereocenters. The van der Waals surface area contributed by atoms with E-state index in [1.54, 1.807) is 0 Å². The van der Waals surface area contributed by atoms with E-state index in [1.165, 1.54) is 0 Å². The molecule has 3 unspecified atom stereocenters. The Labute approximate surface area is 137 Å². The van der Waals surface area contributed by atoms with Crippen LogP contribution in [0.3, 0.4) is 0 Å². The van der Waals surface area contributed by atoms with Crippen LogP contribution in [0.1, 0.15) is 18.5 Å². The summed E-state index contributed by atoms with van der Waals surface area (Å²) in [5, 5.41) is 3.49. The number of ether oxygens (including phenoxy) is 1. The molecule has 1 amide bonds. The number of rotatable bonds is 5. The number of amides is 1. The molecule has 23 heavy (non-hydrogen) atoms. The summed E-state index contributed by atoms with van der Waals surface area (Å²) in [4.78, 5) is 14.9. The Bertz CT molecular complexity index is 505. The van der Waals surface area contributed by atoms with Crippen molar-refractivity contribution in [2.75, 3.05) is 39.4 Å². The lowest BCUT2D eigenvalue weighted by Gasteiger charge is -2.31. The van der Waals surface area contributed by atoms with Gasteiger partial charge in [-0.1, -0.05) is 30.3 Å². The van der Waals surface area contributed by atoms with Crippen LogP contribution in [0, 0.1) is 5.92 Å². The fourth-order valence-corrected chi connectivity index (χ4v) is 3.12. The molecule has 0 aliphatic carbocycles.